The highest BCUT2D eigenvalue weighted by atomic mass is 16.2. The van der Waals surface area contributed by atoms with E-state index in [1.807, 2.05) is 48.5 Å². The number of rotatable bonds is 7. The Morgan fingerprint density at radius 2 is 1.21 bits per heavy atom. The summed E-state index contributed by atoms with van der Waals surface area (Å²) in [5.74, 6) is -0.839. The summed E-state index contributed by atoms with van der Waals surface area (Å²) in [6, 6.07) is 27.8. The standard InChI is InChI=1S/C24H22N2O2/c27-23-21-13-7-8-14-22(21)26(24(23)28)16-15-25(17-19-9-3-1-4-10-19)18-20-11-5-2-6-12-20/h1-14H,15-18H2. The lowest BCUT2D eigenvalue weighted by molar-refractivity contribution is -0.114. The van der Waals surface area contributed by atoms with Crippen molar-refractivity contribution in [3.63, 3.8) is 0 Å². The smallest absolute Gasteiger partial charge is 0.299 e. The molecule has 1 amide bonds. The van der Waals surface area contributed by atoms with E-state index in [2.05, 4.69) is 29.2 Å². The second kappa shape index (κ2) is 8.19. The van der Waals surface area contributed by atoms with E-state index < -0.39 is 11.7 Å². The SMILES string of the molecule is O=C1C(=O)N(CCN(Cc2ccccc2)Cc2ccccc2)c2ccccc21. The van der Waals surface area contributed by atoms with E-state index in [0.29, 0.717) is 18.7 Å². The Balaban J connectivity index is 1.51. The number of fused-ring (bicyclic) bond motifs is 1. The van der Waals surface area contributed by atoms with Gasteiger partial charge in [-0.1, -0.05) is 72.8 Å². The fraction of sp³-hybridized carbons (Fsp3) is 0.167. The minimum atomic E-state index is -0.430. The first kappa shape index (κ1) is 18.1. The molecule has 0 aliphatic carbocycles. The molecular weight excluding hydrogens is 348 g/mol. The van der Waals surface area contributed by atoms with Crippen molar-refractivity contribution in [1.29, 1.82) is 0 Å². The highest BCUT2D eigenvalue weighted by Gasteiger charge is 2.35. The van der Waals surface area contributed by atoms with Gasteiger partial charge in [-0.15, -0.1) is 0 Å². The molecule has 4 heteroatoms. The molecule has 140 valence electrons. The normalized spacial score (nSPS) is 13.2. The molecule has 1 heterocycles. The van der Waals surface area contributed by atoms with E-state index in [9.17, 15) is 9.59 Å². The van der Waals surface area contributed by atoms with Crippen LogP contribution >= 0.6 is 0 Å². The van der Waals surface area contributed by atoms with Crippen LogP contribution < -0.4 is 4.90 Å². The summed E-state index contributed by atoms with van der Waals surface area (Å²) >= 11 is 0. The van der Waals surface area contributed by atoms with Crippen molar-refractivity contribution in [2.75, 3.05) is 18.0 Å². The fourth-order valence-corrected chi connectivity index (χ4v) is 3.61. The Labute approximate surface area is 165 Å². The number of carbonyl (C=O) groups is 2. The van der Waals surface area contributed by atoms with Crippen molar-refractivity contribution in [3.8, 4) is 0 Å². The highest BCUT2D eigenvalue weighted by Crippen LogP contribution is 2.28. The van der Waals surface area contributed by atoms with Gasteiger partial charge < -0.3 is 4.90 Å². The molecule has 28 heavy (non-hydrogen) atoms. The van der Waals surface area contributed by atoms with Crippen LogP contribution in [0.2, 0.25) is 0 Å². The summed E-state index contributed by atoms with van der Waals surface area (Å²) < 4.78 is 0. The van der Waals surface area contributed by atoms with Crippen LogP contribution in [-0.4, -0.2) is 29.7 Å². The summed E-state index contributed by atoms with van der Waals surface area (Å²) in [6.07, 6.45) is 0. The summed E-state index contributed by atoms with van der Waals surface area (Å²) in [5, 5.41) is 0. The summed E-state index contributed by atoms with van der Waals surface area (Å²) in [7, 11) is 0. The molecule has 4 nitrogen and oxygen atoms in total. The molecule has 0 aromatic heterocycles. The Hall–Kier alpha value is -3.24. The maximum Gasteiger partial charge on any atom is 0.299 e. The Bertz CT molecular complexity index is 929. The molecule has 0 bridgehead atoms. The van der Waals surface area contributed by atoms with Crippen LogP contribution in [0.1, 0.15) is 21.5 Å². The third kappa shape index (κ3) is 3.87. The first-order valence-electron chi connectivity index (χ1n) is 9.48. The molecule has 3 aromatic rings. The highest BCUT2D eigenvalue weighted by molar-refractivity contribution is 6.52. The number of hydrogen-bond acceptors (Lipinski definition) is 3. The predicted octanol–water partition coefficient (Wildman–Crippen LogP) is 3.92. The number of para-hydroxylation sites is 1. The molecule has 0 spiro atoms. The summed E-state index contributed by atoms with van der Waals surface area (Å²) in [6.45, 7) is 2.74. The molecule has 0 saturated carbocycles. The Kier molecular flexibility index (Phi) is 5.31. The molecule has 0 saturated heterocycles. The molecule has 1 aliphatic rings. The van der Waals surface area contributed by atoms with Crippen LogP contribution in [-0.2, 0) is 17.9 Å². The third-order valence-electron chi connectivity index (χ3n) is 5.02. The van der Waals surface area contributed by atoms with Crippen LogP contribution in [0.25, 0.3) is 0 Å². The average Bonchev–Trinajstić information content (AvgIpc) is 2.98. The van der Waals surface area contributed by atoms with Gasteiger partial charge in [-0.3, -0.25) is 14.5 Å². The van der Waals surface area contributed by atoms with Crippen LogP contribution in [0.3, 0.4) is 0 Å². The predicted molar refractivity (Wildman–Crippen MR) is 110 cm³/mol. The minimum Gasteiger partial charge on any atom is -0.303 e. The van der Waals surface area contributed by atoms with Crippen LogP contribution in [0.5, 0.6) is 0 Å². The minimum absolute atomic E-state index is 0.409. The van der Waals surface area contributed by atoms with E-state index >= 15 is 0 Å². The van der Waals surface area contributed by atoms with E-state index in [0.717, 1.165) is 18.8 Å². The molecule has 0 radical (unpaired) electrons. The Morgan fingerprint density at radius 3 is 1.82 bits per heavy atom. The number of Topliss-reactive ketones (excluding diaryl/α,β-unsaturated/α-hetero) is 1. The van der Waals surface area contributed by atoms with E-state index in [1.165, 1.54) is 11.1 Å². The molecule has 0 atom stereocenters. The van der Waals surface area contributed by atoms with Gasteiger partial charge >= 0.3 is 0 Å². The summed E-state index contributed by atoms with van der Waals surface area (Å²) in [5.41, 5.74) is 3.67. The van der Waals surface area contributed by atoms with Gasteiger partial charge in [-0.25, -0.2) is 0 Å². The first-order valence-corrected chi connectivity index (χ1v) is 9.48. The molecular formula is C24H22N2O2. The van der Waals surface area contributed by atoms with Gasteiger partial charge in [-0.05, 0) is 23.3 Å². The molecule has 0 fully saturated rings. The zero-order valence-electron chi connectivity index (χ0n) is 15.6. The number of nitrogens with zero attached hydrogens (tertiary/aromatic N) is 2. The van der Waals surface area contributed by atoms with Gasteiger partial charge in [0.1, 0.15) is 0 Å². The number of carbonyl (C=O) groups excluding carboxylic acids is 2. The van der Waals surface area contributed by atoms with Crippen molar-refractivity contribution in [2.45, 2.75) is 13.1 Å². The molecule has 0 unspecified atom stereocenters. The molecule has 0 N–H and O–H groups in total. The van der Waals surface area contributed by atoms with E-state index in [-0.39, 0.29) is 0 Å². The van der Waals surface area contributed by atoms with Crippen molar-refractivity contribution < 1.29 is 9.59 Å². The lowest BCUT2D eigenvalue weighted by Gasteiger charge is -2.26. The maximum atomic E-state index is 12.4. The van der Waals surface area contributed by atoms with Gasteiger partial charge in [0.05, 0.1) is 11.3 Å². The second-order valence-corrected chi connectivity index (χ2v) is 6.98. The van der Waals surface area contributed by atoms with E-state index in [4.69, 9.17) is 0 Å². The fourth-order valence-electron chi connectivity index (χ4n) is 3.61. The van der Waals surface area contributed by atoms with Crippen molar-refractivity contribution in [2.24, 2.45) is 0 Å². The van der Waals surface area contributed by atoms with Gasteiger partial charge in [0.15, 0.2) is 0 Å². The van der Waals surface area contributed by atoms with Crippen LogP contribution in [0.4, 0.5) is 5.69 Å². The number of amides is 1. The molecule has 1 aliphatic heterocycles. The summed E-state index contributed by atoms with van der Waals surface area (Å²) in [4.78, 5) is 28.6. The number of hydrogen-bond donors (Lipinski definition) is 0. The largest absolute Gasteiger partial charge is 0.303 e. The van der Waals surface area contributed by atoms with Crippen LogP contribution in [0.15, 0.2) is 84.9 Å². The number of benzene rings is 3. The lowest BCUT2D eigenvalue weighted by Crippen LogP contribution is -2.37. The Morgan fingerprint density at radius 1 is 0.679 bits per heavy atom. The van der Waals surface area contributed by atoms with Gasteiger partial charge in [0, 0.05) is 26.2 Å². The van der Waals surface area contributed by atoms with Gasteiger partial charge in [0.2, 0.25) is 0 Å². The maximum absolute atomic E-state index is 12.4. The average molecular weight is 370 g/mol. The van der Waals surface area contributed by atoms with Crippen molar-refractivity contribution >= 4 is 17.4 Å². The zero-order chi connectivity index (χ0) is 19.3. The number of anilines is 1. The van der Waals surface area contributed by atoms with Crippen LogP contribution in [0, 0.1) is 0 Å². The van der Waals surface area contributed by atoms with Gasteiger partial charge in [0.25, 0.3) is 11.7 Å². The zero-order valence-corrected chi connectivity index (χ0v) is 15.6. The molecule has 4 rings (SSSR count). The first-order chi connectivity index (χ1) is 13.7. The van der Waals surface area contributed by atoms with Gasteiger partial charge in [-0.2, -0.15) is 0 Å². The lowest BCUT2D eigenvalue weighted by atomic mass is 10.1. The van der Waals surface area contributed by atoms with Crippen molar-refractivity contribution in [3.05, 3.63) is 102 Å². The van der Waals surface area contributed by atoms with E-state index in [1.54, 1.807) is 17.0 Å². The van der Waals surface area contributed by atoms with Crippen molar-refractivity contribution in [1.82, 2.24) is 4.90 Å². The molecule has 3 aromatic carbocycles. The monoisotopic (exact) mass is 370 g/mol. The second-order valence-electron chi connectivity index (χ2n) is 6.98. The number of ketones is 1. The topological polar surface area (TPSA) is 40.6 Å². The quantitative estimate of drug-likeness (QED) is 0.592. The third-order valence-corrected chi connectivity index (χ3v) is 5.02.